The smallest absolute Gasteiger partial charge is 0.338 e. The van der Waals surface area contributed by atoms with Crippen molar-refractivity contribution in [2.45, 2.75) is 99.9 Å². The summed E-state index contributed by atoms with van der Waals surface area (Å²) < 4.78 is 24.2. The summed E-state index contributed by atoms with van der Waals surface area (Å²) >= 11 is 3.30. The topological polar surface area (TPSA) is 132 Å². The minimum atomic E-state index is -1.06. The van der Waals surface area contributed by atoms with Crippen LogP contribution in [0.5, 0.6) is 0 Å². The number of esters is 1. The third-order valence-electron chi connectivity index (χ3n) is 7.22. The molecular formula is C27H35BrO9. The fourth-order valence-electron chi connectivity index (χ4n) is 5.34. The maximum Gasteiger partial charge on any atom is 0.338 e. The summed E-state index contributed by atoms with van der Waals surface area (Å²) in [5.74, 6) is -0.628. The molecule has 37 heavy (non-hydrogen) atoms. The monoisotopic (exact) mass is 582 g/mol. The SMILES string of the molecule is C=C(Br)CC(CCC(=O)C[C@H]1O[C@H]2[C@@H](O)[C@H]3OC(CCO)CCC3O[C@H]2[C@H]1O)OC(=O)c1ccccc1. The number of carbonyl (C=O) groups excluding carboxylic acids is 2. The van der Waals surface area contributed by atoms with E-state index in [1.165, 1.54) is 0 Å². The molecule has 9 atom stereocenters. The molecule has 10 heteroatoms. The van der Waals surface area contributed by atoms with Gasteiger partial charge in [0.1, 0.15) is 42.4 Å². The molecule has 0 bridgehead atoms. The van der Waals surface area contributed by atoms with Crippen molar-refractivity contribution < 1.29 is 43.9 Å². The molecule has 0 radical (unpaired) electrons. The van der Waals surface area contributed by atoms with E-state index in [0.717, 1.165) is 0 Å². The molecule has 3 aliphatic rings. The van der Waals surface area contributed by atoms with Gasteiger partial charge in [-0.1, -0.05) is 40.7 Å². The minimum Gasteiger partial charge on any atom is -0.458 e. The number of hydrogen-bond acceptors (Lipinski definition) is 9. The van der Waals surface area contributed by atoms with E-state index in [1.807, 2.05) is 6.07 Å². The van der Waals surface area contributed by atoms with Crippen molar-refractivity contribution in [3.63, 3.8) is 0 Å². The number of carbonyl (C=O) groups is 2. The van der Waals surface area contributed by atoms with E-state index in [9.17, 15) is 24.9 Å². The van der Waals surface area contributed by atoms with Crippen LogP contribution in [0.2, 0.25) is 0 Å². The number of halogens is 1. The number of ketones is 1. The standard InChI is InChI=1S/C27H35BrO9/c1-15(28)13-19(35-27(33)16-5-3-2-4-6-16)8-7-17(30)14-21-22(31)25-26(37-21)23(32)24-20(36-25)10-9-18(34-24)11-12-29/h2-6,18-26,29,31-32H,1,7-14H2/t18?,19?,20?,21-,22+,23+,24+,25+,26+/m1/s1. The maximum absolute atomic E-state index is 12.8. The second-order valence-electron chi connectivity index (χ2n) is 9.97. The quantitative estimate of drug-likeness (QED) is 0.336. The average molecular weight is 583 g/mol. The van der Waals surface area contributed by atoms with Gasteiger partial charge in [0.15, 0.2) is 0 Å². The summed E-state index contributed by atoms with van der Waals surface area (Å²) in [5, 5.41) is 31.0. The van der Waals surface area contributed by atoms with Gasteiger partial charge in [-0.05, 0) is 42.3 Å². The predicted octanol–water partition coefficient (Wildman–Crippen LogP) is 2.44. The Morgan fingerprint density at radius 3 is 2.49 bits per heavy atom. The second-order valence-corrected chi connectivity index (χ2v) is 11.1. The Bertz CT molecular complexity index is 941. The van der Waals surface area contributed by atoms with Gasteiger partial charge in [-0.2, -0.15) is 0 Å². The van der Waals surface area contributed by atoms with E-state index in [1.54, 1.807) is 24.3 Å². The number of Topliss-reactive ketones (excluding diaryl/α,β-unsaturated/α-hetero) is 1. The van der Waals surface area contributed by atoms with Gasteiger partial charge in [-0.3, -0.25) is 4.79 Å². The lowest BCUT2D eigenvalue weighted by Crippen LogP contribution is -2.61. The Morgan fingerprint density at radius 2 is 1.78 bits per heavy atom. The van der Waals surface area contributed by atoms with E-state index in [0.29, 0.717) is 42.1 Å². The van der Waals surface area contributed by atoms with Crippen LogP contribution in [0, 0.1) is 0 Å². The van der Waals surface area contributed by atoms with Gasteiger partial charge in [0, 0.05) is 25.9 Å². The number of aliphatic hydroxyl groups is 3. The summed E-state index contributed by atoms with van der Waals surface area (Å²) in [6, 6.07) is 8.63. The second kappa shape index (κ2) is 12.9. The van der Waals surface area contributed by atoms with Crippen LogP contribution in [0.3, 0.4) is 0 Å². The van der Waals surface area contributed by atoms with Crippen LogP contribution in [-0.4, -0.2) is 88.6 Å². The van der Waals surface area contributed by atoms with Crippen molar-refractivity contribution >= 4 is 27.7 Å². The van der Waals surface area contributed by atoms with Crippen LogP contribution < -0.4 is 0 Å². The molecule has 0 amide bonds. The van der Waals surface area contributed by atoms with Crippen molar-refractivity contribution in [2.24, 2.45) is 0 Å². The van der Waals surface area contributed by atoms with E-state index >= 15 is 0 Å². The summed E-state index contributed by atoms with van der Waals surface area (Å²) in [6.07, 6.45) is -3.59. The summed E-state index contributed by atoms with van der Waals surface area (Å²) in [5.41, 5.74) is 0.426. The number of benzene rings is 1. The average Bonchev–Trinajstić information content (AvgIpc) is 3.18. The molecule has 3 aliphatic heterocycles. The lowest BCUT2D eigenvalue weighted by molar-refractivity contribution is -0.260. The molecule has 9 nitrogen and oxygen atoms in total. The van der Waals surface area contributed by atoms with Gasteiger partial charge in [0.25, 0.3) is 0 Å². The Labute approximate surface area is 224 Å². The number of fused-ring (bicyclic) bond motifs is 2. The molecular weight excluding hydrogens is 548 g/mol. The Hall–Kier alpha value is -1.66. The number of hydrogen-bond donors (Lipinski definition) is 3. The molecule has 204 valence electrons. The number of aliphatic hydroxyl groups excluding tert-OH is 3. The zero-order chi connectivity index (χ0) is 26.5. The highest BCUT2D eigenvalue weighted by molar-refractivity contribution is 9.11. The van der Waals surface area contributed by atoms with Crippen molar-refractivity contribution in [2.75, 3.05) is 6.61 Å². The summed E-state index contributed by atoms with van der Waals surface area (Å²) in [4.78, 5) is 25.3. The maximum atomic E-state index is 12.8. The highest BCUT2D eigenvalue weighted by Crippen LogP contribution is 2.40. The van der Waals surface area contributed by atoms with Crippen LogP contribution >= 0.6 is 15.9 Å². The Balaban J connectivity index is 1.30. The van der Waals surface area contributed by atoms with Crippen LogP contribution in [0.1, 0.15) is 55.3 Å². The third-order valence-corrected chi connectivity index (χ3v) is 7.55. The van der Waals surface area contributed by atoms with Gasteiger partial charge in [0.05, 0.1) is 23.9 Å². The van der Waals surface area contributed by atoms with Crippen LogP contribution in [0.25, 0.3) is 0 Å². The highest BCUT2D eigenvalue weighted by atomic mass is 79.9. The zero-order valence-corrected chi connectivity index (χ0v) is 22.2. The van der Waals surface area contributed by atoms with Gasteiger partial charge in [0.2, 0.25) is 0 Å². The molecule has 3 fully saturated rings. The number of ether oxygens (including phenoxy) is 4. The molecule has 0 spiro atoms. The normalized spacial score (nSPS) is 33.7. The molecule has 1 aromatic rings. The molecule has 3 heterocycles. The van der Waals surface area contributed by atoms with Crippen molar-refractivity contribution in [3.05, 3.63) is 47.0 Å². The first-order chi connectivity index (χ1) is 17.8. The van der Waals surface area contributed by atoms with E-state index in [4.69, 9.17) is 18.9 Å². The Kier molecular flexibility index (Phi) is 9.90. The van der Waals surface area contributed by atoms with E-state index in [2.05, 4.69) is 22.5 Å². The lowest BCUT2D eigenvalue weighted by Gasteiger charge is -2.46. The Morgan fingerprint density at radius 1 is 1.05 bits per heavy atom. The molecule has 0 saturated carbocycles. The van der Waals surface area contributed by atoms with E-state index in [-0.39, 0.29) is 37.4 Å². The molecule has 0 aliphatic carbocycles. The molecule has 1 aromatic carbocycles. The van der Waals surface area contributed by atoms with Crippen LogP contribution in [-0.2, 0) is 23.7 Å². The molecule has 3 N–H and O–H groups in total. The van der Waals surface area contributed by atoms with Crippen molar-refractivity contribution in [1.29, 1.82) is 0 Å². The first kappa shape index (κ1) is 28.4. The van der Waals surface area contributed by atoms with Gasteiger partial charge in [-0.25, -0.2) is 4.79 Å². The number of rotatable bonds is 11. The van der Waals surface area contributed by atoms with Crippen molar-refractivity contribution in [1.82, 2.24) is 0 Å². The molecule has 3 unspecified atom stereocenters. The van der Waals surface area contributed by atoms with Gasteiger partial charge < -0.3 is 34.3 Å². The first-order valence-electron chi connectivity index (χ1n) is 12.8. The fraction of sp³-hybridized carbons (Fsp3) is 0.630. The molecule has 0 aromatic heterocycles. The largest absolute Gasteiger partial charge is 0.458 e. The van der Waals surface area contributed by atoms with Gasteiger partial charge >= 0.3 is 5.97 Å². The van der Waals surface area contributed by atoms with Crippen molar-refractivity contribution in [3.8, 4) is 0 Å². The van der Waals surface area contributed by atoms with Gasteiger partial charge in [-0.15, -0.1) is 0 Å². The zero-order valence-electron chi connectivity index (χ0n) is 20.6. The third kappa shape index (κ3) is 7.06. The lowest BCUT2D eigenvalue weighted by atomic mass is 9.88. The van der Waals surface area contributed by atoms with Crippen LogP contribution in [0.15, 0.2) is 41.4 Å². The predicted molar refractivity (Wildman–Crippen MR) is 136 cm³/mol. The summed E-state index contributed by atoms with van der Waals surface area (Å²) in [7, 11) is 0. The van der Waals surface area contributed by atoms with E-state index < -0.39 is 48.7 Å². The summed E-state index contributed by atoms with van der Waals surface area (Å²) in [6.45, 7) is 3.82. The highest BCUT2D eigenvalue weighted by Gasteiger charge is 2.56. The molecule has 3 saturated heterocycles. The molecule has 4 rings (SSSR count). The van der Waals surface area contributed by atoms with Crippen LogP contribution in [0.4, 0.5) is 0 Å². The first-order valence-corrected chi connectivity index (χ1v) is 13.6. The fourth-order valence-corrected chi connectivity index (χ4v) is 5.70. The minimum absolute atomic E-state index is 0.000520.